The minimum atomic E-state index is 0. The number of halogens is 2. The fraction of sp³-hybridized carbons (Fsp3) is 0.222. The molecule has 0 aliphatic carbocycles. The topological polar surface area (TPSA) is 25.8 Å². The van der Waals surface area contributed by atoms with Crippen LogP contribution in [0.1, 0.15) is 52.7 Å². The van der Waals surface area contributed by atoms with Gasteiger partial charge in [-0.25, -0.2) is 0 Å². The van der Waals surface area contributed by atoms with Gasteiger partial charge in [-0.1, -0.05) is 124 Å². The van der Waals surface area contributed by atoms with E-state index in [2.05, 4.69) is 124 Å². The van der Waals surface area contributed by atoms with Gasteiger partial charge < -0.3 is 24.8 Å². The first-order valence-electron chi connectivity index (χ1n) is 13.4. The summed E-state index contributed by atoms with van der Waals surface area (Å²) in [4.78, 5) is 8.93. The van der Waals surface area contributed by atoms with Crippen LogP contribution in [0.25, 0.3) is 44.1 Å². The minimum Gasteiger partial charge on any atom is -1.00 e. The Labute approximate surface area is 276 Å². The van der Waals surface area contributed by atoms with Crippen LogP contribution in [0, 0.1) is 0 Å². The van der Waals surface area contributed by atoms with Crippen LogP contribution in [0.5, 0.6) is 0 Å². The smallest absolute Gasteiger partial charge is 1.00 e. The molecule has 6 rings (SSSR count). The average Bonchev–Trinajstić information content (AvgIpc) is 3.53. The van der Waals surface area contributed by atoms with Crippen LogP contribution in [-0.2, 0) is 37.0 Å². The minimum absolute atomic E-state index is 0. The Bertz CT molecular complexity index is 1540. The van der Waals surface area contributed by atoms with Gasteiger partial charge in [-0.05, 0) is 10.8 Å². The Balaban J connectivity index is 0.000000267. The molecule has 0 fully saturated rings. The van der Waals surface area contributed by atoms with Crippen molar-refractivity contribution >= 4 is 21.5 Å². The van der Waals surface area contributed by atoms with E-state index in [1.807, 2.05) is 36.7 Å². The Morgan fingerprint density at radius 2 is 0.878 bits per heavy atom. The van der Waals surface area contributed by atoms with Crippen LogP contribution in [0.4, 0.5) is 0 Å². The van der Waals surface area contributed by atoms with E-state index in [1.54, 1.807) is 0 Å². The summed E-state index contributed by atoms with van der Waals surface area (Å²) in [5.41, 5.74) is 7.65. The molecular formula is C36H36Cl2N2Zr-2. The number of pyridine rings is 2. The third kappa shape index (κ3) is 7.44. The van der Waals surface area contributed by atoms with Gasteiger partial charge in [-0.2, -0.15) is 0 Å². The van der Waals surface area contributed by atoms with Gasteiger partial charge in [-0.3, -0.25) is 9.97 Å². The van der Waals surface area contributed by atoms with E-state index in [0.29, 0.717) is 0 Å². The van der Waals surface area contributed by atoms with E-state index < -0.39 is 0 Å². The maximum absolute atomic E-state index is 4.46. The predicted molar refractivity (Wildman–Crippen MR) is 163 cm³/mol. The molecule has 0 amide bonds. The van der Waals surface area contributed by atoms with Crippen molar-refractivity contribution in [2.24, 2.45) is 0 Å². The molecule has 0 unspecified atom stereocenters. The van der Waals surface area contributed by atoms with Crippen molar-refractivity contribution in [3.63, 3.8) is 0 Å². The number of rotatable bonds is 2. The number of hydrogen-bond acceptors (Lipinski definition) is 2. The molecular weight excluding hydrogens is 623 g/mol. The van der Waals surface area contributed by atoms with Crippen molar-refractivity contribution < 1.29 is 51.0 Å². The molecule has 6 aromatic rings. The quantitative estimate of drug-likeness (QED) is 0.265. The van der Waals surface area contributed by atoms with E-state index in [0.717, 1.165) is 11.4 Å². The number of hydrogen-bond donors (Lipinski definition) is 0. The van der Waals surface area contributed by atoms with E-state index >= 15 is 0 Å². The zero-order valence-electron chi connectivity index (χ0n) is 24.5. The van der Waals surface area contributed by atoms with Crippen LogP contribution in [0.15, 0.2) is 109 Å². The molecule has 0 atom stereocenters. The first kappa shape index (κ1) is 34.6. The molecule has 0 aliphatic heterocycles. The standard InChI is InChI=1S/2C18H18N.2ClH.Zr/c2*1-18(2,3)16-8-6-7-13-14(16)10-11-15(13)17-9-4-5-12-19-17;;;/h2*4-12H,1-3H3;2*1H;/q2*-1;;;+2/p-2. The second-order valence-electron chi connectivity index (χ2n) is 12.0. The second-order valence-corrected chi connectivity index (χ2v) is 12.0. The van der Waals surface area contributed by atoms with Crippen molar-refractivity contribution in [3.05, 3.63) is 121 Å². The molecule has 0 N–H and O–H groups in total. The van der Waals surface area contributed by atoms with Gasteiger partial charge in [0.25, 0.3) is 0 Å². The van der Waals surface area contributed by atoms with Crippen molar-refractivity contribution in [2.45, 2.75) is 52.4 Å². The van der Waals surface area contributed by atoms with Gasteiger partial charge in [0.15, 0.2) is 0 Å². The summed E-state index contributed by atoms with van der Waals surface area (Å²) in [6, 6.07) is 34.1. The molecule has 0 radical (unpaired) electrons. The molecule has 0 saturated carbocycles. The SMILES string of the molecule is CC(C)(C)c1cccc2c1cc[c-]2-c1ccccn1.CC(C)(C)c1cccc2c1cc[c-]2-c1ccccn1.[Cl-].[Cl-].[Zr+2]. The summed E-state index contributed by atoms with van der Waals surface area (Å²) in [6.07, 6.45) is 3.70. The fourth-order valence-corrected chi connectivity index (χ4v) is 5.27. The van der Waals surface area contributed by atoms with Crippen molar-refractivity contribution in [2.75, 3.05) is 0 Å². The van der Waals surface area contributed by atoms with Gasteiger partial charge in [0, 0.05) is 23.8 Å². The number of benzene rings is 2. The fourth-order valence-electron chi connectivity index (χ4n) is 5.27. The molecule has 0 aliphatic rings. The Morgan fingerprint density at radius 1 is 0.488 bits per heavy atom. The Kier molecular flexibility index (Phi) is 11.9. The average molecular weight is 659 g/mol. The summed E-state index contributed by atoms with van der Waals surface area (Å²) in [5.74, 6) is 0. The summed E-state index contributed by atoms with van der Waals surface area (Å²) in [7, 11) is 0. The monoisotopic (exact) mass is 656 g/mol. The molecule has 210 valence electrons. The normalized spacial score (nSPS) is 11.1. The number of nitrogens with zero attached hydrogens (tertiary/aromatic N) is 2. The molecule has 2 nitrogen and oxygen atoms in total. The molecule has 0 spiro atoms. The van der Waals surface area contributed by atoms with Crippen LogP contribution in [-0.4, -0.2) is 9.97 Å². The van der Waals surface area contributed by atoms with Crippen molar-refractivity contribution in [1.29, 1.82) is 0 Å². The molecule has 41 heavy (non-hydrogen) atoms. The van der Waals surface area contributed by atoms with Crippen molar-refractivity contribution in [3.8, 4) is 22.5 Å². The van der Waals surface area contributed by atoms with E-state index in [9.17, 15) is 0 Å². The predicted octanol–water partition coefficient (Wildman–Crippen LogP) is 3.84. The largest absolute Gasteiger partial charge is 2.00 e. The van der Waals surface area contributed by atoms with Crippen LogP contribution in [0.3, 0.4) is 0 Å². The summed E-state index contributed by atoms with van der Waals surface area (Å²) in [6.45, 7) is 13.6. The van der Waals surface area contributed by atoms with Gasteiger partial charge in [0.05, 0.1) is 0 Å². The third-order valence-electron chi connectivity index (χ3n) is 7.12. The second kappa shape index (κ2) is 14.1. The summed E-state index contributed by atoms with van der Waals surface area (Å²) < 4.78 is 0. The van der Waals surface area contributed by atoms with E-state index in [-0.39, 0.29) is 61.8 Å². The zero-order valence-corrected chi connectivity index (χ0v) is 28.5. The summed E-state index contributed by atoms with van der Waals surface area (Å²) >= 11 is 0. The van der Waals surface area contributed by atoms with Crippen LogP contribution in [0.2, 0.25) is 0 Å². The first-order chi connectivity index (χ1) is 18.1. The van der Waals surface area contributed by atoms with Crippen molar-refractivity contribution in [1.82, 2.24) is 9.97 Å². The molecule has 5 heteroatoms. The summed E-state index contributed by atoms with van der Waals surface area (Å²) in [5, 5.41) is 5.28. The van der Waals surface area contributed by atoms with Gasteiger partial charge in [0.1, 0.15) is 0 Å². The van der Waals surface area contributed by atoms with Gasteiger partial charge in [0.2, 0.25) is 0 Å². The number of aromatic nitrogens is 2. The van der Waals surface area contributed by atoms with E-state index in [1.165, 1.54) is 43.8 Å². The molecule has 4 aromatic carbocycles. The maximum Gasteiger partial charge on any atom is 2.00 e. The molecule has 0 saturated heterocycles. The van der Waals surface area contributed by atoms with Gasteiger partial charge >= 0.3 is 26.2 Å². The zero-order chi connectivity index (χ0) is 26.9. The van der Waals surface area contributed by atoms with E-state index in [4.69, 9.17) is 0 Å². The molecule has 2 heterocycles. The van der Waals surface area contributed by atoms with Crippen LogP contribution >= 0.6 is 0 Å². The molecule has 2 aromatic heterocycles. The first-order valence-corrected chi connectivity index (χ1v) is 13.4. The van der Waals surface area contributed by atoms with Crippen LogP contribution < -0.4 is 24.8 Å². The maximum atomic E-state index is 4.46. The molecule has 0 bridgehead atoms. The van der Waals surface area contributed by atoms with Gasteiger partial charge in [-0.15, -0.1) is 57.9 Å². The number of fused-ring (bicyclic) bond motifs is 2. The Morgan fingerprint density at radius 3 is 1.20 bits per heavy atom. The Hall–Kier alpha value is -2.58. The third-order valence-corrected chi connectivity index (χ3v) is 7.12.